The molecule has 0 saturated carbocycles. The van der Waals surface area contributed by atoms with Crippen molar-refractivity contribution in [1.82, 2.24) is 10.7 Å². The molecule has 0 radical (unpaired) electrons. The highest BCUT2D eigenvalue weighted by atomic mass is 16.5. The number of carbonyl (C=O) groups excluding carboxylic acids is 3. The molecule has 0 unspecified atom stereocenters. The molecule has 0 aromatic heterocycles. The van der Waals surface area contributed by atoms with Gasteiger partial charge in [0.1, 0.15) is 0 Å². The number of hydrogen-bond donors (Lipinski definition) is 3. The molecule has 0 atom stereocenters. The molecule has 2 rings (SSSR count). The Labute approximate surface area is 187 Å². The zero-order valence-corrected chi connectivity index (χ0v) is 18.8. The minimum absolute atomic E-state index is 0.155. The number of methoxy groups -OCH3 is 1. The Morgan fingerprint density at radius 3 is 2.41 bits per heavy atom. The van der Waals surface area contributed by atoms with Crippen LogP contribution in [0.15, 0.2) is 41.5 Å². The number of rotatable bonds is 8. The highest BCUT2D eigenvalue weighted by molar-refractivity contribution is 6.35. The molecule has 0 saturated heterocycles. The van der Waals surface area contributed by atoms with Crippen molar-refractivity contribution in [3.05, 3.63) is 53.1 Å². The van der Waals surface area contributed by atoms with Crippen LogP contribution in [0.5, 0.6) is 11.5 Å². The first-order valence-corrected chi connectivity index (χ1v) is 10.0. The topological polar surface area (TPSA) is 118 Å². The van der Waals surface area contributed by atoms with Gasteiger partial charge in [0, 0.05) is 11.7 Å². The minimum Gasteiger partial charge on any atom is -0.493 e. The average Bonchev–Trinajstić information content (AvgIpc) is 2.74. The molecular formula is C23H28N4O5. The highest BCUT2D eigenvalue weighted by Gasteiger charge is 2.13. The third-order valence-electron chi connectivity index (χ3n) is 4.34. The lowest BCUT2D eigenvalue weighted by molar-refractivity contribution is -0.139. The predicted octanol–water partition coefficient (Wildman–Crippen LogP) is 2.30. The molecule has 0 spiro atoms. The Morgan fingerprint density at radius 1 is 1.00 bits per heavy atom. The van der Waals surface area contributed by atoms with Crippen LogP contribution in [0.1, 0.15) is 30.5 Å². The number of anilines is 1. The summed E-state index contributed by atoms with van der Waals surface area (Å²) in [6, 6.07) is 10.4. The van der Waals surface area contributed by atoms with Crippen molar-refractivity contribution < 1.29 is 23.9 Å². The first-order valence-electron chi connectivity index (χ1n) is 10.0. The Kier molecular flexibility index (Phi) is 8.76. The number of hydrogen-bond acceptors (Lipinski definition) is 6. The van der Waals surface area contributed by atoms with Crippen LogP contribution in [0.4, 0.5) is 5.69 Å². The van der Waals surface area contributed by atoms with Crippen LogP contribution in [0.25, 0.3) is 0 Å². The Balaban J connectivity index is 1.93. The fourth-order valence-electron chi connectivity index (χ4n) is 2.59. The van der Waals surface area contributed by atoms with E-state index in [-0.39, 0.29) is 18.6 Å². The summed E-state index contributed by atoms with van der Waals surface area (Å²) in [6.07, 6.45) is 1.36. The summed E-state index contributed by atoms with van der Waals surface area (Å²) < 4.78 is 10.9. The van der Waals surface area contributed by atoms with E-state index in [4.69, 9.17) is 9.47 Å². The third kappa shape index (κ3) is 7.42. The largest absolute Gasteiger partial charge is 0.493 e. The molecule has 2 aromatic carbocycles. The van der Waals surface area contributed by atoms with Gasteiger partial charge in [-0.15, -0.1) is 0 Å². The van der Waals surface area contributed by atoms with Crippen LogP contribution in [0.2, 0.25) is 0 Å². The van der Waals surface area contributed by atoms with E-state index in [9.17, 15) is 14.4 Å². The van der Waals surface area contributed by atoms with Gasteiger partial charge in [-0.25, -0.2) is 5.43 Å². The lowest BCUT2D eigenvalue weighted by Gasteiger charge is -2.12. The fraction of sp³-hybridized carbons (Fsp3) is 0.304. The van der Waals surface area contributed by atoms with E-state index >= 15 is 0 Å². The monoisotopic (exact) mass is 440 g/mol. The second-order valence-corrected chi connectivity index (χ2v) is 7.37. The molecule has 32 heavy (non-hydrogen) atoms. The first kappa shape index (κ1) is 24.4. The fourth-order valence-corrected chi connectivity index (χ4v) is 2.59. The number of amides is 3. The SMILES string of the molecule is COc1cc(/C=N\NC(=O)C(=O)NC(C)C)ccc1OCC(=O)Nc1ccc(C)c(C)c1. The van der Waals surface area contributed by atoms with E-state index in [2.05, 4.69) is 21.2 Å². The highest BCUT2D eigenvalue weighted by Crippen LogP contribution is 2.27. The minimum atomic E-state index is -0.864. The Hall–Kier alpha value is -3.88. The summed E-state index contributed by atoms with van der Waals surface area (Å²) in [5.41, 5.74) is 5.67. The number of benzene rings is 2. The lowest BCUT2D eigenvalue weighted by Crippen LogP contribution is -2.41. The second kappa shape index (κ2) is 11.5. The Morgan fingerprint density at radius 2 is 1.75 bits per heavy atom. The molecule has 0 aliphatic carbocycles. The van der Waals surface area contributed by atoms with E-state index in [1.807, 2.05) is 32.0 Å². The van der Waals surface area contributed by atoms with Crippen LogP contribution in [0, 0.1) is 13.8 Å². The molecule has 0 bridgehead atoms. The van der Waals surface area contributed by atoms with E-state index in [0.29, 0.717) is 22.7 Å². The summed E-state index contributed by atoms with van der Waals surface area (Å²) in [7, 11) is 1.47. The number of nitrogens with zero attached hydrogens (tertiary/aromatic N) is 1. The first-order chi connectivity index (χ1) is 15.2. The van der Waals surface area contributed by atoms with Gasteiger partial charge in [-0.2, -0.15) is 5.10 Å². The normalized spacial score (nSPS) is 10.7. The molecule has 2 aromatic rings. The summed E-state index contributed by atoms with van der Waals surface area (Å²) in [5.74, 6) is -1.17. The van der Waals surface area contributed by atoms with Crippen molar-refractivity contribution in [1.29, 1.82) is 0 Å². The summed E-state index contributed by atoms with van der Waals surface area (Å²) in [5, 5.41) is 9.02. The smallest absolute Gasteiger partial charge is 0.329 e. The molecular weight excluding hydrogens is 412 g/mol. The number of ether oxygens (including phenoxy) is 2. The maximum absolute atomic E-state index is 12.2. The standard InChI is InChI=1S/C23H28N4O5/c1-14(2)25-22(29)23(30)27-24-12-17-7-9-19(20(11-17)31-5)32-13-21(28)26-18-8-6-15(3)16(4)10-18/h6-12,14H,13H2,1-5H3,(H,25,29)(H,26,28)(H,27,30)/b24-12-. The van der Waals surface area contributed by atoms with Gasteiger partial charge in [-0.05, 0) is 74.7 Å². The number of carbonyl (C=O) groups is 3. The summed E-state index contributed by atoms with van der Waals surface area (Å²) >= 11 is 0. The molecule has 3 N–H and O–H groups in total. The number of aryl methyl sites for hydroxylation is 2. The number of nitrogens with one attached hydrogen (secondary N) is 3. The van der Waals surface area contributed by atoms with Gasteiger partial charge in [0.25, 0.3) is 5.91 Å². The van der Waals surface area contributed by atoms with Crippen LogP contribution >= 0.6 is 0 Å². The zero-order chi connectivity index (χ0) is 23.7. The van der Waals surface area contributed by atoms with Crippen molar-refractivity contribution in [3.8, 4) is 11.5 Å². The molecule has 0 heterocycles. The zero-order valence-electron chi connectivity index (χ0n) is 18.8. The van der Waals surface area contributed by atoms with Gasteiger partial charge in [-0.1, -0.05) is 6.07 Å². The van der Waals surface area contributed by atoms with Gasteiger partial charge in [-0.3, -0.25) is 14.4 Å². The van der Waals surface area contributed by atoms with Gasteiger partial charge < -0.3 is 20.1 Å². The van der Waals surface area contributed by atoms with Gasteiger partial charge >= 0.3 is 11.8 Å². The third-order valence-corrected chi connectivity index (χ3v) is 4.34. The molecule has 9 nitrogen and oxygen atoms in total. The van der Waals surface area contributed by atoms with Crippen LogP contribution in [-0.4, -0.2) is 43.7 Å². The summed E-state index contributed by atoms with van der Waals surface area (Å²) in [6.45, 7) is 7.28. The van der Waals surface area contributed by atoms with E-state index < -0.39 is 11.8 Å². The molecule has 0 aliphatic rings. The molecule has 9 heteroatoms. The molecule has 3 amide bonds. The van der Waals surface area contributed by atoms with E-state index in [1.165, 1.54) is 13.3 Å². The summed E-state index contributed by atoms with van der Waals surface area (Å²) in [4.78, 5) is 35.4. The Bertz CT molecular complexity index is 1020. The quantitative estimate of drug-likeness (QED) is 0.331. The maximum Gasteiger partial charge on any atom is 0.329 e. The van der Waals surface area contributed by atoms with Crippen LogP contribution in [0.3, 0.4) is 0 Å². The van der Waals surface area contributed by atoms with Crippen molar-refractivity contribution in [2.75, 3.05) is 19.0 Å². The van der Waals surface area contributed by atoms with Gasteiger partial charge in [0.2, 0.25) is 0 Å². The average molecular weight is 441 g/mol. The molecule has 0 fully saturated rings. The van der Waals surface area contributed by atoms with E-state index in [0.717, 1.165) is 11.1 Å². The lowest BCUT2D eigenvalue weighted by atomic mass is 10.1. The van der Waals surface area contributed by atoms with Crippen molar-refractivity contribution >= 4 is 29.6 Å². The molecule has 0 aliphatic heterocycles. The maximum atomic E-state index is 12.2. The van der Waals surface area contributed by atoms with Gasteiger partial charge in [0.05, 0.1) is 13.3 Å². The van der Waals surface area contributed by atoms with Gasteiger partial charge in [0.15, 0.2) is 18.1 Å². The van der Waals surface area contributed by atoms with Crippen molar-refractivity contribution in [3.63, 3.8) is 0 Å². The van der Waals surface area contributed by atoms with Crippen LogP contribution < -0.4 is 25.5 Å². The predicted molar refractivity (Wildman–Crippen MR) is 122 cm³/mol. The van der Waals surface area contributed by atoms with E-state index in [1.54, 1.807) is 32.0 Å². The second-order valence-electron chi connectivity index (χ2n) is 7.37. The molecule has 170 valence electrons. The van der Waals surface area contributed by atoms with Crippen molar-refractivity contribution in [2.24, 2.45) is 5.10 Å². The van der Waals surface area contributed by atoms with Crippen LogP contribution in [-0.2, 0) is 14.4 Å². The number of hydrazone groups is 1. The van der Waals surface area contributed by atoms with Crippen molar-refractivity contribution in [2.45, 2.75) is 33.7 Å².